The van der Waals surface area contributed by atoms with Crippen LogP contribution >= 0.6 is 0 Å². The summed E-state index contributed by atoms with van der Waals surface area (Å²) in [5.41, 5.74) is 0. The molecule has 0 saturated carbocycles. The van der Waals surface area contributed by atoms with Crippen molar-refractivity contribution in [3.63, 3.8) is 0 Å². The largest absolute Gasteiger partial charge is 0.469 e. The van der Waals surface area contributed by atoms with Crippen molar-refractivity contribution in [2.45, 2.75) is 70.6 Å². The molecule has 0 aromatic rings. The lowest BCUT2D eigenvalue weighted by Crippen LogP contribution is -1.99. The molecule has 0 aromatic carbocycles. The van der Waals surface area contributed by atoms with Crippen LogP contribution in [0.2, 0.25) is 0 Å². The summed E-state index contributed by atoms with van der Waals surface area (Å²) in [4.78, 5) is 10.8. The smallest absolute Gasteiger partial charge is 0.305 e. The second-order valence-corrected chi connectivity index (χ2v) is 4.59. The molecule has 3 nitrogen and oxygen atoms in total. The molecule has 102 valence electrons. The Bertz CT molecular complexity index is 169. The number of hydrogen-bond acceptors (Lipinski definition) is 3. The van der Waals surface area contributed by atoms with Crippen molar-refractivity contribution in [3.8, 4) is 0 Å². The molecule has 0 spiro atoms. The Morgan fingerprint density at radius 1 is 0.824 bits per heavy atom. The molecule has 0 atom stereocenters. The maximum atomic E-state index is 10.8. The molecule has 0 rings (SSSR count). The highest BCUT2D eigenvalue weighted by atomic mass is 16.5. The number of aliphatic hydroxyl groups excluding tert-OH is 1. The molecule has 0 aliphatic heterocycles. The van der Waals surface area contributed by atoms with E-state index in [9.17, 15) is 4.79 Å². The molecular weight excluding hydrogens is 216 g/mol. The van der Waals surface area contributed by atoms with Crippen LogP contribution in [0, 0.1) is 0 Å². The maximum absolute atomic E-state index is 10.8. The van der Waals surface area contributed by atoms with Gasteiger partial charge in [-0.25, -0.2) is 0 Å². The first-order valence-corrected chi connectivity index (χ1v) is 6.99. The second kappa shape index (κ2) is 13.5. The fraction of sp³-hybridized carbons (Fsp3) is 0.929. The minimum Gasteiger partial charge on any atom is -0.469 e. The van der Waals surface area contributed by atoms with E-state index < -0.39 is 0 Å². The molecular formula is C14H28O3. The van der Waals surface area contributed by atoms with Gasteiger partial charge in [-0.3, -0.25) is 4.79 Å². The number of hydrogen-bond donors (Lipinski definition) is 1. The van der Waals surface area contributed by atoms with Crippen LogP contribution < -0.4 is 0 Å². The molecule has 3 heteroatoms. The van der Waals surface area contributed by atoms with Gasteiger partial charge in [-0.05, 0) is 12.8 Å². The fourth-order valence-electron chi connectivity index (χ4n) is 1.90. The lowest BCUT2D eigenvalue weighted by Gasteiger charge is -2.02. The summed E-state index contributed by atoms with van der Waals surface area (Å²) in [5, 5.41) is 8.61. The minimum absolute atomic E-state index is 0.0890. The van der Waals surface area contributed by atoms with E-state index in [1.54, 1.807) is 0 Å². The average molecular weight is 244 g/mol. The number of carbonyl (C=O) groups is 1. The molecule has 0 amide bonds. The van der Waals surface area contributed by atoms with Crippen molar-refractivity contribution in [3.05, 3.63) is 0 Å². The molecule has 0 unspecified atom stereocenters. The van der Waals surface area contributed by atoms with Gasteiger partial charge in [0, 0.05) is 13.0 Å². The first kappa shape index (κ1) is 16.4. The summed E-state index contributed by atoms with van der Waals surface area (Å²) in [5.74, 6) is -0.0890. The first-order chi connectivity index (χ1) is 8.31. The summed E-state index contributed by atoms with van der Waals surface area (Å²) in [6, 6.07) is 0. The van der Waals surface area contributed by atoms with Gasteiger partial charge < -0.3 is 9.84 Å². The van der Waals surface area contributed by atoms with E-state index in [1.165, 1.54) is 45.6 Å². The van der Waals surface area contributed by atoms with Gasteiger partial charge in [0.15, 0.2) is 0 Å². The van der Waals surface area contributed by atoms with Gasteiger partial charge >= 0.3 is 5.97 Å². The van der Waals surface area contributed by atoms with Gasteiger partial charge in [0.05, 0.1) is 7.11 Å². The third-order valence-corrected chi connectivity index (χ3v) is 3.02. The molecule has 0 saturated heterocycles. The van der Waals surface area contributed by atoms with Gasteiger partial charge in [-0.1, -0.05) is 51.4 Å². The quantitative estimate of drug-likeness (QED) is 0.422. The molecule has 0 aliphatic rings. The van der Waals surface area contributed by atoms with Crippen LogP contribution in [0.25, 0.3) is 0 Å². The van der Waals surface area contributed by atoms with E-state index in [-0.39, 0.29) is 5.97 Å². The van der Waals surface area contributed by atoms with Gasteiger partial charge in [-0.2, -0.15) is 0 Å². The van der Waals surface area contributed by atoms with Crippen LogP contribution in [0.4, 0.5) is 0 Å². The van der Waals surface area contributed by atoms with Crippen LogP contribution in [-0.4, -0.2) is 24.8 Å². The maximum Gasteiger partial charge on any atom is 0.305 e. The van der Waals surface area contributed by atoms with Gasteiger partial charge in [0.25, 0.3) is 0 Å². The Hall–Kier alpha value is -0.570. The molecule has 0 aromatic heterocycles. The van der Waals surface area contributed by atoms with Crippen molar-refractivity contribution >= 4 is 5.97 Å². The zero-order valence-electron chi connectivity index (χ0n) is 11.2. The number of methoxy groups -OCH3 is 1. The van der Waals surface area contributed by atoms with E-state index in [1.807, 2.05) is 0 Å². The number of aliphatic hydroxyl groups is 1. The Morgan fingerprint density at radius 3 is 1.65 bits per heavy atom. The number of ether oxygens (including phenoxy) is 1. The highest BCUT2D eigenvalue weighted by Crippen LogP contribution is 2.11. The summed E-state index contributed by atoms with van der Waals surface area (Å²) >= 11 is 0. The molecule has 0 radical (unpaired) electrons. The van der Waals surface area contributed by atoms with Crippen LogP contribution in [-0.2, 0) is 9.53 Å². The molecule has 0 fully saturated rings. The molecule has 1 N–H and O–H groups in total. The lowest BCUT2D eigenvalue weighted by atomic mass is 10.1. The monoisotopic (exact) mass is 244 g/mol. The fourth-order valence-corrected chi connectivity index (χ4v) is 1.90. The van der Waals surface area contributed by atoms with Gasteiger partial charge in [0.1, 0.15) is 0 Å². The third-order valence-electron chi connectivity index (χ3n) is 3.02. The van der Waals surface area contributed by atoms with Crippen LogP contribution in [0.3, 0.4) is 0 Å². The zero-order valence-corrected chi connectivity index (χ0v) is 11.2. The van der Waals surface area contributed by atoms with Crippen LogP contribution in [0.5, 0.6) is 0 Å². The van der Waals surface area contributed by atoms with E-state index >= 15 is 0 Å². The normalized spacial score (nSPS) is 10.5. The predicted octanol–water partition coefficient (Wildman–Crippen LogP) is 3.44. The van der Waals surface area contributed by atoms with Crippen LogP contribution in [0.1, 0.15) is 70.6 Å². The number of rotatable bonds is 12. The van der Waals surface area contributed by atoms with E-state index in [0.29, 0.717) is 13.0 Å². The zero-order chi connectivity index (χ0) is 12.8. The molecule has 17 heavy (non-hydrogen) atoms. The number of esters is 1. The van der Waals surface area contributed by atoms with Crippen molar-refractivity contribution in [2.75, 3.05) is 13.7 Å². The Kier molecular flexibility index (Phi) is 13.0. The standard InChI is InChI=1S/C14H28O3/c1-17-14(16)12-10-8-6-4-2-3-5-7-9-11-13-15/h15H,2-13H2,1H3. The summed E-state index contributed by atoms with van der Waals surface area (Å²) in [6.07, 6.45) is 12.4. The Morgan fingerprint density at radius 2 is 1.24 bits per heavy atom. The SMILES string of the molecule is COC(=O)CCCCCCCCCCCCO. The van der Waals surface area contributed by atoms with Crippen LogP contribution in [0.15, 0.2) is 0 Å². The van der Waals surface area contributed by atoms with Crippen molar-refractivity contribution < 1.29 is 14.6 Å². The molecule has 0 bridgehead atoms. The number of unbranched alkanes of at least 4 members (excludes halogenated alkanes) is 9. The summed E-state index contributed by atoms with van der Waals surface area (Å²) in [6.45, 7) is 0.334. The van der Waals surface area contributed by atoms with Gasteiger partial charge in [-0.15, -0.1) is 0 Å². The Labute approximate surface area is 106 Å². The van der Waals surface area contributed by atoms with E-state index in [2.05, 4.69) is 4.74 Å². The lowest BCUT2D eigenvalue weighted by molar-refractivity contribution is -0.140. The molecule has 0 heterocycles. The summed E-state index contributed by atoms with van der Waals surface area (Å²) in [7, 11) is 1.44. The molecule has 0 aliphatic carbocycles. The average Bonchev–Trinajstić information content (AvgIpc) is 2.35. The third kappa shape index (κ3) is 13.4. The van der Waals surface area contributed by atoms with E-state index in [0.717, 1.165) is 25.7 Å². The first-order valence-electron chi connectivity index (χ1n) is 6.99. The summed E-state index contributed by atoms with van der Waals surface area (Å²) < 4.78 is 4.59. The minimum atomic E-state index is -0.0890. The predicted molar refractivity (Wildman–Crippen MR) is 69.9 cm³/mol. The van der Waals surface area contributed by atoms with Crippen molar-refractivity contribution in [1.29, 1.82) is 0 Å². The van der Waals surface area contributed by atoms with Crippen molar-refractivity contribution in [2.24, 2.45) is 0 Å². The topological polar surface area (TPSA) is 46.5 Å². The van der Waals surface area contributed by atoms with Crippen molar-refractivity contribution in [1.82, 2.24) is 0 Å². The Balaban J connectivity index is 2.96. The second-order valence-electron chi connectivity index (χ2n) is 4.59. The van der Waals surface area contributed by atoms with E-state index in [4.69, 9.17) is 5.11 Å². The number of carbonyl (C=O) groups excluding carboxylic acids is 1. The highest BCUT2D eigenvalue weighted by Gasteiger charge is 1.98. The highest BCUT2D eigenvalue weighted by molar-refractivity contribution is 5.68. The van der Waals surface area contributed by atoms with Gasteiger partial charge in [0.2, 0.25) is 0 Å².